The van der Waals surface area contributed by atoms with Gasteiger partial charge in [0.2, 0.25) is 5.78 Å². The van der Waals surface area contributed by atoms with Crippen LogP contribution in [0.3, 0.4) is 0 Å². The van der Waals surface area contributed by atoms with E-state index in [1.54, 1.807) is 30.0 Å². The second kappa shape index (κ2) is 13.3. The first kappa shape index (κ1) is 36.3. The summed E-state index contributed by atoms with van der Waals surface area (Å²) in [6.45, 7) is 1.59. The van der Waals surface area contributed by atoms with Gasteiger partial charge in [-0.2, -0.15) is 0 Å². The highest BCUT2D eigenvalue weighted by Crippen LogP contribution is 2.63. The molecule has 0 aromatic heterocycles. The van der Waals surface area contributed by atoms with Gasteiger partial charge in [-0.25, -0.2) is 4.39 Å². The quantitative estimate of drug-likeness (QED) is 0.325. The number of carbonyl (C=O) groups excluding carboxylic acids is 3. The fraction of sp³-hybridized carbons (Fsp3) is 0.405. The Kier molecular flexibility index (Phi) is 8.93. The van der Waals surface area contributed by atoms with E-state index in [-0.39, 0.29) is 82.4 Å². The zero-order valence-corrected chi connectivity index (χ0v) is 31.4. The predicted octanol–water partition coefficient (Wildman–Crippen LogP) is 5.83. The Morgan fingerprint density at radius 1 is 0.796 bits per heavy atom. The van der Waals surface area contributed by atoms with Gasteiger partial charge in [0.05, 0.1) is 19.5 Å². The second-order valence-electron chi connectivity index (χ2n) is 15.4. The number of aliphatic hydroxyl groups excluding tert-OH is 1. The molecule has 282 valence electrons. The van der Waals surface area contributed by atoms with Crippen molar-refractivity contribution in [2.24, 2.45) is 17.3 Å². The maximum Gasteiger partial charge on any atom is 0.220 e. The molecule has 2 fully saturated rings. The molecule has 12 heteroatoms. The summed E-state index contributed by atoms with van der Waals surface area (Å²) in [5.74, 6) is -0.632. The number of benzene rings is 2. The highest BCUT2D eigenvalue weighted by Gasteiger charge is 2.60. The molecule has 7 aliphatic rings. The third-order valence-corrected chi connectivity index (χ3v) is 14.2. The molecule has 5 aliphatic carbocycles. The van der Waals surface area contributed by atoms with Crippen molar-refractivity contribution in [3.63, 3.8) is 0 Å². The number of hydrogen-bond donors (Lipinski definition) is 3. The lowest BCUT2D eigenvalue weighted by Crippen LogP contribution is -2.61. The summed E-state index contributed by atoms with van der Waals surface area (Å²) in [5.41, 5.74) is 2.01. The third-order valence-electron chi connectivity index (χ3n) is 12.9. The van der Waals surface area contributed by atoms with Crippen LogP contribution in [0.25, 0.3) is 0 Å². The number of hydrogen-bond acceptors (Lipinski definition) is 11. The summed E-state index contributed by atoms with van der Waals surface area (Å²) in [6.07, 6.45) is 11.0. The van der Waals surface area contributed by atoms with E-state index in [0.717, 1.165) is 35.5 Å². The zero-order valence-electron chi connectivity index (χ0n) is 30.5. The van der Waals surface area contributed by atoms with Crippen molar-refractivity contribution in [3.05, 3.63) is 112 Å². The van der Waals surface area contributed by atoms with Crippen molar-refractivity contribution in [3.8, 4) is 11.5 Å². The minimum absolute atomic E-state index is 0.0223. The minimum Gasteiger partial charge on any atom is -0.504 e. The van der Waals surface area contributed by atoms with Gasteiger partial charge in [-0.15, -0.1) is 11.8 Å². The molecule has 2 heterocycles. The van der Waals surface area contributed by atoms with Gasteiger partial charge in [-0.1, -0.05) is 18.2 Å². The van der Waals surface area contributed by atoms with Crippen molar-refractivity contribution in [1.82, 2.24) is 9.80 Å². The Bertz CT molecular complexity index is 2120. The van der Waals surface area contributed by atoms with Crippen molar-refractivity contribution < 1.29 is 43.6 Å². The number of fused-ring (bicyclic) bond motifs is 2. The van der Waals surface area contributed by atoms with E-state index in [2.05, 4.69) is 30.0 Å². The van der Waals surface area contributed by atoms with Gasteiger partial charge in [-0.05, 0) is 99.7 Å². The number of likely N-dealkylation sites (tertiary alicyclic amines) is 2. The number of Topliss-reactive ketones (excluding diaryl/α,β-unsaturated/α-hetero) is 2. The van der Waals surface area contributed by atoms with Crippen LogP contribution in [0.2, 0.25) is 0 Å². The number of halogens is 1. The number of ketones is 3. The molecular weight excluding hydrogens is 712 g/mol. The lowest BCUT2D eigenvalue weighted by Gasteiger charge is -2.58. The largest absolute Gasteiger partial charge is 0.504 e. The number of rotatable bonds is 4. The molecular formula is C42H43FN2O8S. The van der Waals surface area contributed by atoms with Gasteiger partial charge in [0.1, 0.15) is 5.82 Å². The molecule has 0 radical (unpaired) electrons. The minimum atomic E-state index is -0.589. The van der Waals surface area contributed by atoms with Crippen LogP contribution in [-0.4, -0.2) is 96.0 Å². The van der Waals surface area contributed by atoms with E-state index in [1.807, 2.05) is 18.2 Å². The van der Waals surface area contributed by atoms with E-state index in [1.165, 1.54) is 38.5 Å². The SMILES string of the molecule is COC1=CC2[C@@H]3C=C4C=CC(=O)C(O)=C4[C@]2(CCN3C)CC1=O.COC1=CC2[C@@H]3[C@H](Sc4ccc(F)cc4)c4ccc(O)c(O)c4[C@]2(CCN3C)CC1=O. The molecule has 2 saturated heterocycles. The smallest absolute Gasteiger partial charge is 0.220 e. The summed E-state index contributed by atoms with van der Waals surface area (Å²) >= 11 is 1.61. The summed E-state index contributed by atoms with van der Waals surface area (Å²) in [6, 6.07) is 9.94. The van der Waals surface area contributed by atoms with Crippen LogP contribution in [0.15, 0.2) is 100 Å². The maximum atomic E-state index is 13.5. The Morgan fingerprint density at radius 2 is 1.43 bits per heavy atom. The van der Waals surface area contributed by atoms with Crippen LogP contribution in [0.5, 0.6) is 11.5 Å². The summed E-state index contributed by atoms with van der Waals surface area (Å²) < 4.78 is 24.1. The molecule has 3 N–H and O–H groups in total. The number of aliphatic hydroxyl groups is 1. The summed E-state index contributed by atoms with van der Waals surface area (Å²) in [4.78, 5) is 42.8. The summed E-state index contributed by atoms with van der Waals surface area (Å²) in [5, 5.41) is 31.7. The Balaban J connectivity index is 0.000000160. The topological polar surface area (TPSA) is 137 Å². The van der Waals surface area contributed by atoms with Crippen molar-refractivity contribution >= 4 is 29.1 Å². The molecule has 2 aliphatic heterocycles. The maximum absolute atomic E-state index is 13.5. The van der Waals surface area contributed by atoms with Crippen molar-refractivity contribution in [2.75, 3.05) is 41.4 Å². The standard InChI is InChI=1S/C24H24FNO4S.C18H19NO4/c1-26-10-9-24-12-18(28)19(30-2)11-16(24)21(26)23(31-14-5-3-13(25)4-6-14)15-7-8-17(27)22(29)20(15)24;1-19-6-5-18-9-14(21)15(23-2)8-11(18)12(19)7-10-3-4-13(20)17(22)16(10)18/h3-8,11,16,21,23,27,29H,9-10,12H2,1-2H3;3-4,7-8,11-12,22H,5-6,9H2,1-2H3/t16?,21-,23-,24-;11?,12-,18+/m10/s1. The fourth-order valence-electron chi connectivity index (χ4n) is 10.3. The summed E-state index contributed by atoms with van der Waals surface area (Å²) in [7, 11) is 7.16. The van der Waals surface area contributed by atoms with Crippen LogP contribution in [-0.2, 0) is 29.3 Å². The van der Waals surface area contributed by atoms with E-state index >= 15 is 0 Å². The molecule has 4 bridgehead atoms. The number of nitrogens with zero attached hydrogens (tertiary/aromatic N) is 2. The Labute approximate surface area is 317 Å². The Hall–Kier alpha value is -4.65. The van der Waals surface area contributed by atoms with Gasteiger partial charge in [0.25, 0.3) is 0 Å². The highest BCUT2D eigenvalue weighted by atomic mass is 32.2. The number of phenols is 2. The number of carbonyl (C=O) groups is 3. The highest BCUT2D eigenvalue weighted by molar-refractivity contribution is 7.99. The van der Waals surface area contributed by atoms with E-state index < -0.39 is 10.8 Å². The number of allylic oxidation sites excluding steroid dienone is 6. The van der Waals surface area contributed by atoms with Gasteiger partial charge >= 0.3 is 0 Å². The van der Waals surface area contributed by atoms with Gasteiger partial charge < -0.3 is 29.7 Å². The average molecular weight is 755 g/mol. The van der Waals surface area contributed by atoms with Gasteiger partial charge in [0, 0.05) is 63.6 Å². The van der Waals surface area contributed by atoms with Crippen LogP contribution in [0, 0.1) is 23.1 Å². The molecule has 0 spiro atoms. The third kappa shape index (κ3) is 5.39. The van der Waals surface area contributed by atoms with E-state index in [9.17, 15) is 34.1 Å². The molecule has 2 aromatic rings. The van der Waals surface area contributed by atoms with E-state index in [4.69, 9.17) is 9.47 Å². The van der Waals surface area contributed by atoms with Crippen LogP contribution in [0.4, 0.5) is 4.39 Å². The first-order chi connectivity index (χ1) is 25.8. The molecule has 2 aromatic carbocycles. The molecule has 7 atom stereocenters. The normalized spacial score (nSPS) is 32.5. The predicted molar refractivity (Wildman–Crippen MR) is 199 cm³/mol. The van der Waals surface area contributed by atoms with E-state index in [0.29, 0.717) is 29.1 Å². The second-order valence-corrected chi connectivity index (χ2v) is 16.6. The lowest BCUT2D eigenvalue weighted by molar-refractivity contribution is -0.124. The molecule has 0 saturated carbocycles. The monoisotopic (exact) mass is 754 g/mol. The zero-order chi connectivity index (χ0) is 38.3. The molecule has 9 rings (SSSR count). The number of ether oxygens (including phenoxy) is 2. The van der Waals surface area contributed by atoms with Crippen LogP contribution >= 0.6 is 11.8 Å². The van der Waals surface area contributed by atoms with Crippen LogP contribution < -0.4 is 0 Å². The average Bonchev–Trinajstić information content (AvgIpc) is 3.15. The molecule has 0 amide bonds. The number of thioether (sulfide) groups is 1. The van der Waals surface area contributed by atoms with Gasteiger partial charge in [0.15, 0.2) is 40.3 Å². The number of piperidine rings is 2. The number of phenolic OH excluding ortho intramolecular Hbond substituents is 2. The van der Waals surface area contributed by atoms with Crippen molar-refractivity contribution in [1.29, 1.82) is 0 Å². The first-order valence-corrected chi connectivity index (χ1v) is 19.1. The Morgan fingerprint density at radius 3 is 2.11 bits per heavy atom. The number of methoxy groups -OCH3 is 2. The number of aromatic hydroxyl groups is 2. The lowest BCUT2D eigenvalue weighted by atomic mass is 9.53. The fourth-order valence-corrected chi connectivity index (χ4v) is 11.7. The molecule has 54 heavy (non-hydrogen) atoms. The first-order valence-electron chi connectivity index (χ1n) is 18.2. The number of likely N-dealkylation sites (N-methyl/N-ethyl adjacent to an activating group) is 2. The van der Waals surface area contributed by atoms with Crippen molar-refractivity contribution in [2.45, 2.75) is 53.3 Å². The molecule has 10 nitrogen and oxygen atoms in total. The van der Waals surface area contributed by atoms with Crippen LogP contribution in [0.1, 0.15) is 42.1 Å². The molecule has 2 unspecified atom stereocenters. The van der Waals surface area contributed by atoms with Gasteiger partial charge in [-0.3, -0.25) is 19.3 Å².